The number of ether oxygens (including phenoxy) is 2. The number of aryl methyl sites for hydroxylation is 2. The molecule has 0 saturated heterocycles. The summed E-state index contributed by atoms with van der Waals surface area (Å²) in [6, 6.07) is 9.40. The zero-order chi connectivity index (χ0) is 19.3. The fourth-order valence-electron chi connectivity index (χ4n) is 2.27. The Morgan fingerprint density at radius 1 is 1.12 bits per heavy atom. The second-order valence-corrected chi connectivity index (χ2v) is 5.61. The fraction of sp³-hybridized carbons (Fsp3) is 0.222. The van der Waals surface area contributed by atoms with Crippen LogP contribution >= 0.6 is 0 Å². The Bertz CT molecular complexity index is 863. The molecule has 2 aromatic rings. The van der Waals surface area contributed by atoms with Crippen LogP contribution in [0.3, 0.4) is 0 Å². The minimum Gasteiger partial charge on any atom is -0.496 e. The topological polar surface area (TPSA) is 108 Å². The molecule has 0 aliphatic carbocycles. The van der Waals surface area contributed by atoms with E-state index in [-0.39, 0.29) is 16.9 Å². The molecule has 8 heteroatoms. The lowest BCUT2D eigenvalue weighted by molar-refractivity contribution is -0.384. The lowest BCUT2D eigenvalue weighted by Crippen LogP contribution is -2.21. The van der Waals surface area contributed by atoms with E-state index in [2.05, 4.69) is 5.32 Å². The summed E-state index contributed by atoms with van der Waals surface area (Å²) in [5, 5.41) is 13.4. The highest BCUT2D eigenvalue weighted by Crippen LogP contribution is 2.25. The first-order valence-corrected chi connectivity index (χ1v) is 7.68. The highest BCUT2D eigenvalue weighted by Gasteiger charge is 2.18. The first-order valence-electron chi connectivity index (χ1n) is 7.68. The van der Waals surface area contributed by atoms with Crippen molar-refractivity contribution in [1.82, 2.24) is 0 Å². The molecule has 0 radical (unpaired) electrons. The maximum absolute atomic E-state index is 12.2. The number of carbonyl (C=O) groups is 2. The van der Waals surface area contributed by atoms with Crippen LogP contribution in [0.1, 0.15) is 21.5 Å². The number of nitro groups is 1. The van der Waals surface area contributed by atoms with Gasteiger partial charge in [-0.3, -0.25) is 14.9 Å². The van der Waals surface area contributed by atoms with Gasteiger partial charge in [-0.25, -0.2) is 4.79 Å². The summed E-state index contributed by atoms with van der Waals surface area (Å²) in [7, 11) is 1.42. The minimum absolute atomic E-state index is 0.0368. The third-order valence-electron chi connectivity index (χ3n) is 3.53. The van der Waals surface area contributed by atoms with Gasteiger partial charge in [0.25, 0.3) is 11.6 Å². The summed E-state index contributed by atoms with van der Waals surface area (Å²) < 4.78 is 10.1. The number of amides is 1. The van der Waals surface area contributed by atoms with Crippen molar-refractivity contribution in [2.75, 3.05) is 19.0 Å². The number of hydrogen-bond donors (Lipinski definition) is 1. The molecule has 0 aliphatic heterocycles. The normalized spacial score (nSPS) is 10.1. The van der Waals surface area contributed by atoms with Crippen LogP contribution < -0.4 is 10.1 Å². The van der Waals surface area contributed by atoms with Gasteiger partial charge in [-0.2, -0.15) is 0 Å². The van der Waals surface area contributed by atoms with Crippen LogP contribution in [-0.4, -0.2) is 30.5 Å². The van der Waals surface area contributed by atoms with Gasteiger partial charge in [0.2, 0.25) is 0 Å². The van der Waals surface area contributed by atoms with Gasteiger partial charge in [0, 0.05) is 6.07 Å². The van der Waals surface area contributed by atoms with E-state index in [0.29, 0.717) is 11.3 Å². The first kappa shape index (κ1) is 18.9. The van der Waals surface area contributed by atoms with Crippen molar-refractivity contribution in [3.8, 4) is 5.75 Å². The molecular formula is C18H18N2O6. The van der Waals surface area contributed by atoms with Crippen molar-refractivity contribution < 1.29 is 24.0 Å². The number of nitro benzene ring substituents is 1. The highest BCUT2D eigenvalue weighted by molar-refractivity contribution is 5.97. The molecule has 0 aliphatic rings. The molecule has 0 bridgehead atoms. The Hall–Kier alpha value is -3.42. The lowest BCUT2D eigenvalue weighted by atomic mass is 10.1. The Labute approximate surface area is 149 Å². The van der Waals surface area contributed by atoms with E-state index in [1.54, 1.807) is 38.1 Å². The number of anilines is 1. The molecule has 0 spiro atoms. The van der Waals surface area contributed by atoms with Crippen LogP contribution in [-0.2, 0) is 9.53 Å². The van der Waals surface area contributed by atoms with E-state index in [1.165, 1.54) is 19.2 Å². The van der Waals surface area contributed by atoms with Crippen molar-refractivity contribution in [2.45, 2.75) is 13.8 Å². The number of rotatable bonds is 6. The molecule has 0 heterocycles. The van der Waals surface area contributed by atoms with E-state index in [0.717, 1.165) is 5.56 Å². The van der Waals surface area contributed by atoms with E-state index in [1.807, 2.05) is 0 Å². The summed E-state index contributed by atoms with van der Waals surface area (Å²) in [6.45, 7) is 2.93. The van der Waals surface area contributed by atoms with Crippen molar-refractivity contribution in [1.29, 1.82) is 0 Å². The van der Waals surface area contributed by atoms with Gasteiger partial charge in [-0.1, -0.05) is 17.7 Å². The largest absolute Gasteiger partial charge is 0.496 e. The van der Waals surface area contributed by atoms with Crippen molar-refractivity contribution in [2.24, 2.45) is 0 Å². The summed E-state index contributed by atoms with van der Waals surface area (Å²) in [5.41, 5.74) is 1.52. The van der Waals surface area contributed by atoms with E-state index >= 15 is 0 Å². The Kier molecular flexibility index (Phi) is 5.90. The van der Waals surface area contributed by atoms with E-state index < -0.39 is 23.4 Å². The minimum atomic E-state index is -0.723. The van der Waals surface area contributed by atoms with Gasteiger partial charge in [0.05, 0.1) is 12.0 Å². The monoisotopic (exact) mass is 358 g/mol. The van der Waals surface area contributed by atoms with Crippen molar-refractivity contribution in [3.05, 3.63) is 63.2 Å². The zero-order valence-corrected chi connectivity index (χ0v) is 14.6. The average molecular weight is 358 g/mol. The summed E-state index contributed by atoms with van der Waals surface area (Å²) in [4.78, 5) is 34.6. The van der Waals surface area contributed by atoms with Crippen LogP contribution in [0.2, 0.25) is 0 Å². The second-order valence-electron chi connectivity index (χ2n) is 5.61. The molecule has 26 heavy (non-hydrogen) atoms. The van der Waals surface area contributed by atoms with Crippen molar-refractivity contribution in [3.63, 3.8) is 0 Å². The van der Waals surface area contributed by atoms with E-state index in [9.17, 15) is 19.7 Å². The number of nitrogens with one attached hydrogen (secondary N) is 1. The first-order chi connectivity index (χ1) is 12.3. The summed E-state index contributed by atoms with van der Waals surface area (Å²) >= 11 is 0. The lowest BCUT2D eigenvalue weighted by Gasteiger charge is -2.10. The van der Waals surface area contributed by atoms with Crippen LogP contribution in [0, 0.1) is 24.0 Å². The average Bonchev–Trinajstić information content (AvgIpc) is 2.61. The molecule has 0 unspecified atom stereocenters. The number of carbonyl (C=O) groups excluding carboxylic acids is 2. The van der Waals surface area contributed by atoms with Crippen LogP contribution in [0.4, 0.5) is 11.4 Å². The summed E-state index contributed by atoms with van der Waals surface area (Å²) in [5.74, 6) is -1.08. The van der Waals surface area contributed by atoms with Gasteiger partial charge in [-0.15, -0.1) is 0 Å². The molecule has 1 amide bonds. The van der Waals surface area contributed by atoms with Gasteiger partial charge in [0.15, 0.2) is 6.61 Å². The number of hydrogen-bond acceptors (Lipinski definition) is 6. The molecular weight excluding hydrogens is 340 g/mol. The predicted molar refractivity (Wildman–Crippen MR) is 94.5 cm³/mol. The number of benzene rings is 2. The van der Waals surface area contributed by atoms with Gasteiger partial charge in [0.1, 0.15) is 17.0 Å². The highest BCUT2D eigenvalue weighted by atomic mass is 16.6. The van der Waals surface area contributed by atoms with Gasteiger partial charge in [-0.05, 0) is 37.6 Å². The number of nitrogens with zero attached hydrogens (tertiary/aromatic N) is 1. The van der Waals surface area contributed by atoms with Crippen LogP contribution in [0.15, 0.2) is 36.4 Å². The number of esters is 1. The Morgan fingerprint density at radius 2 is 1.77 bits per heavy atom. The molecule has 2 aromatic carbocycles. The smallest absolute Gasteiger partial charge is 0.342 e. The molecule has 0 fully saturated rings. The van der Waals surface area contributed by atoms with Crippen molar-refractivity contribution >= 4 is 23.3 Å². The van der Waals surface area contributed by atoms with Crippen LogP contribution in [0.5, 0.6) is 5.75 Å². The molecule has 8 nitrogen and oxygen atoms in total. The fourth-order valence-corrected chi connectivity index (χ4v) is 2.27. The standard InChI is InChI=1S/C18H18N2O6/c1-11-5-7-16(25-3)13(8-11)18(22)26-10-17(21)19-14-6-4-12(2)9-15(14)20(23)24/h4-9H,10H2,1-3H3,(H,19,21). The molecule has 0 saturated carbocycles. The Balaban J connectivity index is 2.05. The maximum atomic E-state index is 12.2. The van der Waals surface area contributed by atoms with Gasteiger partial charge < -0.3 is 14.8 Å². The Morgan fingerprint density at radius 3 is 2.42 bits per heavy atom. The molecule has 136 valence electrons. The molecule has 0 aromatic heterocycles. The quantitative estimate of drug-likeness (QED) is 0.483. The molecule has 2 rings (SSSR count). The third-order valence-corrected chi connectivity index (χ3v) is 3.53. The zero-order valence-electron chi connectivity index (χ0n) is 14.6. The van der Waals surface area contributed by atoms with E-state index in [4.69, 9.17) is 9.47 Å². The SMILES string of the molecule is COc1ccc(C)cc1C(=O)OCC(=O)Nc1ccc(C)cc1[N+](=O)[O-]. The molecule has 0 atom stereocenters. The summed E-state index contributed by atoms with van der Waals surface area (Å²) in [6.07, 6.45) is 0. The van der Waals surface area contributed by atoms with Crippen LogP contribution in [0.25, 0.3) is 0 Å². The third kappa shape index (κ3) is 4.56. The molecule has 1 N–H and O–H groups in total. The number of methoxy groups -OCH3 is 1. The maximum Gasteiger partial charge on any atom is 0.342 e. The van der Waals surface area contributed by atoms with Gasteiger partial charge >= 0.3 is 5.97 Å². The predicted octanol–water partition coefficient (Wildman–Crippen LogP) is 3.02. The second kappa shape index (κ2) is 8.11.